The summed E-state index contributed by atoms with van der Waals surface area (Å²) in [5, 5.41) is 9.71. The predicted octanol–water partition coefficient (Wildman–Crippen LogP) is 3.67. The molecule has 0 unspecified atom stereocenters. The number of rotatable bonds is 2. The Kier molecular flexibility index (Phi) is 2.51. The fourth-order valence-corrected chi connectivity index (χ4v) is 4.27. The second-order valence-electron chi connectivity index (χ2n) is 6.26. The van der Waals surface area contributed by atoms with Crippen molar-refractivity contribution in [2.45, 2.75) is 50.9 Å². The number of aryl methyl sites for hydroxylation is 1. The van der Waals surface area contributed by atoms with Crippen molar-refractivity contribution >= 4 is 5.97 Å². The summed E-state index contributed by atoms with van der Waals surface area (Å²) in [6.07, 6.45) is 6.72. The molecule has 18 heavy (non-hydrogen) atoms. The van der Waals surface area contributed by atoms with Crippen LogP contribution in [0, 0.1) is 12.3 Å². The van der Waals surface area contributed by atoms with Crippen LogP contribution < -0.4 is 0 Å². The molecule has 2 aliphatic carbocycles. The molecule has 0 aromatic heterocycles. The van der Waals surface area contributed by atoms with Gasteiger partial charge >= 0.3 is 5.97 Å². The molecular weight excluding hydrogens is 224 g/mol. The van der Waals surface area contributed by atoms with Crippen molar-refractivity contribution in [3.63, 3.8) is 0 Å². The average Bonchev–Trinajstić information content (AvgIpc) is 2.76. The second-order valence-corrected chi connectivity index (χ2v) is 6.26. The summed E-state index contributed by atoms with van der Waals surface area (Å²) in [6.45, 7) is 2.03. The van der Waals surface area contributed by atoms with Gasteiger partial charge in [-0.3, -0.25) is 4.79 Å². The van der Waals surface area contributed by atoms with Gasteiger partial charge in [-0.2, -0.15) is 0 Å². The lowest BCUT2D eigenvalue weighted by molar-refractivity contribution is -0.154. The van der Waals surface area contributed by atoms with Crippen LogP contribution in [0.1, 0.15) is 49.7 Å². The number of hydrogen-bond acceptors (Lipinski definition) is 1. The lowest BCUT2D eigenvalue weighted by Gasteiger charge is -2.53. The molecule has 2 fully saturated rings. The first-order valence-corrected chi connectivity index (χ1v) is 6.88. The topological polar surface area (TPSA) is 37.3 Å². The van der Waals surface area contributed by atoms with Gasteiger partial charge in [-0.05, 0) is 49.1 Å². The van der Waals surface area contributed by atoms with Crippen molar-refractivity contribution in [2.24, 2.45) is 5.41 Å². The Morgan fingerprint density at radius 2 is 1.78 bits per heavy atom. The summed E-state index contributed by atoms with van der Waals surface area (Å²) in [4.78, 5) is 11.8. The van der Waals surface area contributed by atoms with Gasteiger partial charge in [0.15, 0.2) is 0 Å². The number of benzene rings is 1. The Labute approximate surface area is 108 Å². The molecule has 2 saturated carbocycles. The van der Waals surface area contributed by atoms with Crippen molar-refractivity contribution < 1.29 is 9.90 Å². The number of hydrogen-bond donors (Lipinski definition) is 1. The Hall–Kier alpha value is -1.31. The highest BCUT2D eigenvalue weighted by Crippen LogP contribution is 2.63. The predicted molar refractivity (Wildman–Crippen MR) is 70.6 cm³/mol. The zero-order valence-corrected chi connectivity index (χ0v) is 10.9. The minimum absolute atomic E-state index is 0.348. The molecule has 2 heteroatoms. The third-order valence-electron chi connectivity index (χ3n) is 5.09. The van der Waals surface area contributed by atoms with Crippen molar-refractivity contribution in [3.05, 3.63) is 35.4 Å². The fourth-order valence-electron chi connectivity index (χ4n) is 4.27. The molecule has 0 bridgehead atoms. The lowest BCUT2D eigenvalue weighted by atomic mass is 9.49. The van der Waals surface area contributed by atoms with Gasteiger partial charge in [-0.25, -0.2) is 0 Å². The molecule has 96 valence electrons. The summed E-state index contributed by atoms with van der Waals surface area (Å²) < 4.78 is 0. The quantitative estimate of drug-likeness (QED) is 0.861. The van der Waals surface area contributed by atoms with E-state index in [1.165, 1.54) is 25.7 Å². The monoisotopic (exact) mass is 244 g/mol. The van der Waals surface area contributed by atoms with Gasteiger partial charge in [0.2, 0.25) is 0 Å². The van der Waals surface area contributed by atoms with E-state index in [1.807, 2.05) is 31.2 Å². The summed E-state index contributed by atoms with van der Waals surface area (Å²) in [6, 6.07) is 7.98. The van der Waals surface area contributed by atoms with Gasteiger partial charge in [-0.15, -0.1) is 0 Å². The highest BCUT2D eigenvalue weighted by atomic mass is 16.4. The second kappa shape index (κ2) is 3.84. The van der Waals surface area contributed by atoms with Gasteiger partial charge in [0.05, 0.1) is 5.41 Å². The van der Waals surface area contributed by atoms with E-state index in [9.17, 15) is 9.90 Å². The summed E-state index contributed by atoms with van der Waals surface area (Å²) in [5.74, 6) is -0.630. The third-order valence-corrected chi connectivity index (χ3v) is 5.09. The number of aliphatic carboxylic acids is 1. The maximum Gasteiger partial charge on any atom is 0.314 e. The van der Waals surface area contributed by atoms with Crippen LogP contribution in [0.25, 0.3) is 0 Å². The normalized spacial score (nSPS) is 23.8. The molecule has 1 aromatic rings. The summed E-state index contributed by atoms with van der Waals surface area (Å²) >= 11 is 0. The molecule has 0 aliphatic heterocycles. The molecule has 1 spiro atoms. The first-order valence-electron chi connectivity index (χ1n) is 6.88. The molecule has 2 aliphatic rings. The first-order chi connectivity index (χ1) is 8.58. The van der Waals surface area contributed by atoms with Crippen LogP contribution in [0.2, 0.25) is 0 Å². The van der Waals surface area contributed by atoms with Gasteiger partial charge in [0.1, 0.15) is 0 Å². The minimum Gasteiger partial charge on any atom is -0.481 e. The molecule has 1 N–H and O–H groups in total. The van der Waals surface area contributed by atoms with Gasteiger partial charge in [0.25, 0.3) is 0 Å². The molecule has 0 atom stereocenters. The van der Waals surface area contributed by atoms with Crippen molar-refractivity contribution in [1.82, 2.24) is 0 Å². The first kappa shape index (κ1) is 11.8. The van der Waals surface area contributed by atoms with Gasteiger partial charge in [0, 0.05) is 0 Å². The number of carbonyl (C=O) groups is 1. The van der Waals surface area contributed by atoms with E-state index < -0.39 is 11.4 Å². The standard InChI is InChI=1S/C16H20O2/c1-12-6-2-3-7-13(12)16(14(17)18)10-15(11-16)8-4-5-9-15/h2-3,6-7H,4-5,8-11H2,1H3,(H,17,18). The van der Waals surface area contributed by atoms with Crippen molar-refractivity contribution in [1.29, 1.82) is 0 Å². The molecule has 0 amide bonds. The van der Waals surface area contributed by atoms with Crippen LogP contribution in [-0.4, -0.2) is 11.1 Å². The Morgan fingerprint density at radius 1 is 1.17 bits per heavy atom. The van der Waals surface area contributed by atoms with E-state index in [0.29, 0.717) is 5.41 Å². The fraction of sp³-hybridized carbons (Fsp3) is 0.562. The van der Waals surface area contributed by atoms with Crippen LogP contribution in [0.15, 0.2) is 24.3 Å². The van der Waals surface area contributed by atoms with E-state index in [-0.39, 0.29) is 0 Å². The van der Waals surface area contributed by atoms with E-state index in [0.717, 1.165) is 24.0 Å². The molecule has 1 aromatic carbocycles. The zero-order valence-electron chi connectivity index (χ0n) is 10.9. The Bertz CT molecular complexity index is 476. The highest BCUT2D eigenvalue weighted by Gasteiger charge is 2.60. The largest absolute Gasteiger partial charge is 0.481 e. The van der Waals surface area contributed by atoms with Crippen LogP contribution in [0.3, 0.4) is 0 Å². The van der Waals surface area contributed by atoms with Crippen LogP contribution >= 0.6 is 0 Å². The van der Waals surface area contributed by atoms with Crippen LogP contribution in [0.4, 0.5) is 0 Å². The van der Waals surface area contributed by atoms with Crippen molar-refractivity contribution in [3.8, 4) is 0 Å². The number of carboxylic acids is 1. The molecule has 3 rings (SSSR count). The molecular formula is C16H20O2. The molecule has 2 nitrogen and oxygen atoms in total. The minimum atomic E-state index is -0.630. The van der Waals surface area contributed by atoms with Crippen molar-refractivity contribution in [2.75, 3.05) is 0 Å². The van der Waals surface area contributed by atoms with Gasteiger partial charge < -0.3 is 5.11 Å². The van der Waals surface area contributed by atoms with E-state index in [4.69, 9.17) is 0 Å². The van der Waals surface area contributed by atoms with E-state index in [1.54, 1.807) is 0 Å². The van der Waals surface area contributed by atoms with Crippen LogP contribution in [-0.2, 0) is 10.2 Å². The number of carboxylic acid groups (broad SMARTS) is 1. The average molecular weight is 244 g/mol. The Balaban J connectivity index is 1.96. The molecule has 0 saturated heterocycles. The van der Waals surface area contributed by atoms with Crippen LogP contribution in [0.5, 0.6) is 0 Å². The summed E-state index contributed by atoms with van der Waals surface area (Å²) in [5.41, 5.74) is 1.90. The molecule has 0 radical (unpaired) electrons. The maximum atomic E-state index is 11.8. The maximum absolute atomic E-state index is 11.8. The molecule has 0 heterocycles. The van der Waals surface area contributed by atoms with Gasteiger partial charge in [-0.1, -0.05) is 37.1 Å². The Morgan fingerprint density at radius 3 is 2.33 bits per heavy atom. The van der Waals surface area contributed by atoms with E-state index in [2.05, 4.69) is 0 Å². The SMILES string of the molecule is Cc1ccccc1C1(C(=O)O)CC2(CCCC2)C1. The van der Waals surface area contributed by atoms with E-state index >= 15 is 0 Å². The third kappa shape index (κ3) is 1.51. The highest BCUT2D eigenvalue weighted by molar-refractivity contribution is 5.83. The smallest absolute Gasteiger partial charge is 0.314 e. The summed E-state index contributed by atoms with van der Waals surface area (Å²) in [7, 11) is 0. The lowest BCUT2D eigenvalue weighted by Crippen LogP contribution is -2.53. The zero-order chi connectivity index (χ0) is 12.8.